The first-order valence-corrected chi connectivity index (χ1v) is 13.1. The molecular weight excluding hydrogens is 526 g/mol. The summed E-state index contributed by atoms with van der Waals surface area (Å²) in [6.45, 7) is 0.0621. The van der Waals surface area contributed by atoms with Gasteiger partial charge in [-0.1, -0.05) is 29.6 Å². The van der Waals surface area contributed by atoms with Gasteiger partial charge in [-0.3, -0.25) is 19.2 Å². The van der Waals surface area contributed by atoms with E-state index in [-0.39, 0.29) is 45.4 Å². The van der Waals surface area contributed by atoms with Gasteiger partial charge in [-0.05, 0) is 49.7 Å². The van der Waals surface area contributed by atoms with E-state index < -0.39 is 48.0 Å². The Kier molecular flexibility index (Phi) is 7.17. The molecular formula is C25H27Cl2FN4O5. The number of amides is 3. The molecule has 0 radical (unpaired) electrons. The summed E-state index contributed by atoms with van der Waals surface area (Å²) in [5.74, 6) is -2.93. The lowest BCUT2D eigenvalue weighted by Gasteiger charge is -2.29. The Morgan fingerprint density at radius 3 is 2.68 bits per heavy atom. The molecule has 5 unspecified atom stereocenters. The van der Waals surface area contributed by atoms with Gasteiger partial charge < -0.3 is 25.6 Å². The summed E-state index contributed by atoms with van der Waals surface area (Å²) in [6.07, 6.45) is 3.15. The van der Waals surface area contributed by atoms with Crippen molar-refractivity contribution in [3.8, 4) is 0 Å². The summed E-state index contributed by atoms with van der Waals surface area (Å²) in [7, 11) is 0. The highest BCUT2D eigenvalue weighted by Gasteiger charge is 2.50. The highest BCUT2D eigenvalue weighted by atomic mass is 35.5. The van der Waals surface area contributed by atoms with Crippen LogP contribution in [0.15, 0.2) is 12.1 Å². The van der Waals surface area contributed by atoms with E-state index >= 15 is 0 Å². The lowest BCUT2D eigenvalue weighted by Crippen LogP contribution is -2.53. The molecule has 3 aliphatic rings. The number of rotatable bonds is 7. The van der Waals surface area contributed by atoms with E-state index in [2.05, 4.69) is 15.6 Å². The molecule has 37 heavy (non-hydrogen) atoms. The average molecular weight is 553 g/mol. The Hall–Kier alpha value is -2.69. The molecule has 5 atom stereocenters. The van der Waals surface area contributed by atoms with Crippen LogP contribution in [0.5, 0.6) is 0 Å². The van der Waals surface area contributed by atoms with Crippen LogP contribution >= 0.6 is 23.2 Å². The number of benzene rings is 1. The van der Waals surface area contributed by atoms with E-state index in [1.54, 1.807) is 0 Å². The normalized spacial score (nSPS) is 25.8. The number of aromatic amines is 1. The largest absolute Gasteiger partial charge is 0.389 e. The second-order valence-corrected chi connectivity index (χ2v) is 10.9. The number of carbonyl (C=O) groups excluding carboxylic acids is 4. The van der Waals surface area contributed by atoms with Crippen LogP contribution in [0, 0.1) is 23.6 Å². The third-order valence-corrected chi connectivity index (χ3v) is 8.54. The molecule has 1 aromatic heterocycles. The Labute approximate surface area is 222 Å². The quantitative estimate of drug-likeness (QED) is 0.392. The lowest BCUT2D eigenvalue weighted by molar-refractivity contribution is -0.133. The van der Waals surface area contributed by atoms with Crippen molar-refractivity contribution in [3.63, 3.8) is 0 Å². The number of H-pyrrole nitrogens is 1. The highest BCUT2D eigenvalue weighted by Crippen LogP contribution is 2.43. The van der Waals surface area contributed by atoms with E-state index in [4.69, 9.17) is 23.2 Å². The molecule has 3 amide bonds. The van der Waals surface area contributed by atoms with E-state index in [1.807, 2.05) is 0 Å². The van der Waals surface area contributed by atoms with Gasteiger partial charge in [0.1, 0.15) is 18.3 Å². The number of aliphatic hydroxyl groups is 1. The topological polar surface area (TPSA) is 132 Å². The van der Waals surface area contributed by atoms with Crippen LogP contribution in [-0.4, -0.2) is 70.3 Å². The first-order valence-electron chi connectivity index (χ1n) is 12.4. The molecule has 0 bridgehead atoms. The Bertz CT molecular complexity index is 1280. The number of halogens is 3. The van der Waals surface area contributed by atoms with Gasteiger partial charge in [-0.2, -0.15) is 0 Å². The minimum Gasteiger partial charge on any atom is -0.389 e. The summed E-state index contributed by atoms with van der Waals surface area (Å²) >= 11 is 12.1. The predicted octanol–water partition coefficient (Wildman–Crippen LogP) is 2.43. The number of carbonyl (C=O) groups is 4. The summed E-state index contributed by atoms with van der Waals surface area (Å²) in [5.41, 5.74) is 0.0751. The SMILES string of the molecule is O=C1NCCC1CC(NC(=O)C1C2CCCC2CN1C(=O)c1cc2c(Cl)cc(Cl)c(F)c2[nH]1)C(=O)CO. The second-order valence-electron chi connectivity index (χ2n) is 10.1. The van der Waals surface area contributed by atoms with Gasteiger partial charge in [0, 0.05) is 24.4 Å². The molecule has 1 saturated carbocycles. The highest BCUT2D eigenvalue weighted by molar-refractivity contribution is 6.38. The van der Waals surface area contributed by atoms with Crippen LogP contribution in [0.4, 0.5) is 4.39 Å². The van der Waals surface area contributed by atoms with Gasteiger partial charge in [0.15, 0.2) is 11.6 Å². The van der Waals surface area contributed by atoms with Crippen LogP contribution in [0.1, 0.15) is 42.6 Å². The van der Waals surface area contributed by atoms with E-state index in [0.29, 0.717) is 24.9 Å². The molecule has 0 spiro atoms. The molecule has 3 fully saturated rings. The maximum Gasteiger partial charge on any atom is 0.271 e. The zero-order valence-electron chi connectivity index (χ0n) is 19.9. The van der Waals surface area contributed by atoms with Gasteiger partial charge >= 0.3 is 0 Å². The van der Waals surface area contributed by atoms with Gasteiger partial charge in [0.2, 0.25) is 11.8 Å². The number of aromatic nitrogens is 1. The molecule has 1 aliphatic carbocycles. The minimum atomic E-state index is -1.05. The van der Waals surface area contributed by atoms with E-state index in [9.17, 15) is 28.7 Å². The molecule has 4 N–H and O–H groups in total. The second kappa shape index (κ2) is 10.2. The van der Waals surface area contributed by atoms with Crippen LogP contribution in [-0.2, 0) is 14.4 Å². The van der Waals surface area contributed by atoms with Crippen molar-refractivity contribution in [1.29, 1.82) is 0 Å². The number of ketones is 1. The third-order valence-electron chi connectivity index (χ3n) is 7.95. The van der Waals surface area contributed by atoms with Crippen molar-refractivity contribution in [2.45, 2.75) is 44.2 Å². The standard InChI is InChI=1S/C25H27Cl2FN4O5/c26-15-8-16(27)20(28)21-14(15)7-18(30-21)25(37)32-9-12-2-1-3-13(12)22(32)24(36)31-17(19(34)10-33)6-11-4-5-29-23(11)35/h7-8,11-13,17,22,30,33H,1-6,9-10H2,(H,29,35)(H,31,36). The number of likely N-dealkylation sites (tertiary alicyclic amines) is 1. The number of aliphatic hydroxyl groups excluding tert-OH is 1. The Balaban J connectivity index is 1.41. The molecule has 2 saturated heterocycles. The van der Waals surface area contributed by atoms with Gasteiger partial charge in [-0.25, -0.2) is 4.39 Å². The lowest BCUT2D eigenvalue weighted by atomic mass is 9.92. The number of nitrogens with one attached hydrogen (secondary N) is 3. The molecule has 198 valence electrons. The number of hydrogen-bond acceptors (Lipinski definition) is 5. The number of Topliss-reactive ketones (excluding diaryl/α,β-unsaturated/α-hetero) is 1. The van der Waals surface area contributed by atoms with Crippen LogP contribution in [0.2, 0.25) is 10.0 Å². The zero-order valence-corrected chi connectivity index (χ0v) is 21.4. The van der Waals surface area contributed by atoms with Crippen molar-refractivity contribution in [1.82, 2.24) is 20.5 Å². The fraction of sp³-hybridized carbons (Fsp3) is 0.520. The maximum atomic E-state index is 14.6. The molecule has 5 rings (SSSR count). The molecule has 2 aliphatic heterocycles. The van der Waals surface area contributed by atoms with Crippen LogP contribution < -0.4 is 10.6 Å². The van der Waals surface area contributed by atoms with Crippen LogP contribution in [0.3, 0.4) is 0 Å². The molecule has 3 heterocycles. The molecule has 12 heteroatoms. The average Bonchev–Trinajstić information content (AvgIpc) is 3.65. The van der Waals surface area contributed by atoms with Crippen molar-refractivity contribution in [2.75, 3.05) is 19.7 Å². The number of hydrogen-bond donors (Lipinski definition) is 4. The smallest absolute Gasteiger partial charge is 0.271 e. The predicted molar refractivity (Wildman–Crippen MR) is 134 cm³/mol. The Morgan fingerprint density at radius 1 is 1.19 bits per heavy atom. The molecule has 9 nitrogen and oxygen atoms in total. The molecule has 2 aromatic rings. The van der Waals surface area contributed by atoms with Crippen molar-refractivity contribution in [2.24, 2.45) is 17.8 Å². The monoisotopic (exact) mass is 552 g/mol. The van der Waals surface area contributed by atoms with Crippen LogP contribution in [0.25, 0.3) is 10.9 Å². The van der Waals surface area contributed by atoms with Gasteiger partial charge in [0.25, 0.3) is 5.91 Å². The third kappa shape index (κ3) is 4.70. The fourth-order valence-electron chi connectivity index (χ4n) is 6.10. The summed E-state index contributed by atoms with van der Waals surface area (Å²) in [5, 5.41) is 15.2. The van der Waals surface area contributed by atoms with Gasteiger partial charge in [0.05, 0.1) is 21.6 Å². The van der Waals surface area contributed by atoms with Gasteiger partial charge in [-0.15, -0.1) is 0 Å². The minimum absolute atomic E-state index is 0.00434. The van der Waals surface area contributed by atoms with E-state index in [0.717, 1.165) is 19.3 Å². The van der Waals surface area contributed by atoms with Crippen molar-refractivity contribution >= 4 is 57.6 Å². The zero-order chi connectivity index (χ0) is 26.4. The Morgan fingerprint density at radius 2 is 1.97 bits per heavy atom. The number of fused-ring (bicyclic) bond motifs is 2. The maximum absolute atomic E-state index is 14.6. The first kappa shape index (κ1) is 25.9. The summed E-state index contributed by atoms with van der Waals surface area (Å²) < 4.78 is 14.6. The van der Waals surface area contributed by atoms with E-state index in [1.165, 1.54) is 17.0 Å². The summed E-state index contributed by atoms with van der Waals surface area (Å²) in [6, 6.07) is 0.815. The summed E-state index contributed by atoms with van der Waals surface area (Å²) in [4.78, 5) is 56.0. The molecule has 1 aromatic carbocycles. The number of nitrogens with zero attached hydrogens (tertiary/aromatic N) is 1. The first-order chi connectivity index (χ1) is 17.7. The van der Waals surface area contributed by atoms with Crippen molar-refractivity contribution < 1.29 is 28.7 Å². The van der Waals surface area contributed by atoms with Crippen molar-refractivity contribution in [3.05, 3.63) is 33.7 Å². The fourth-order valence-corrected chi connectivity index (χ4v) is 6.62.